The van der Waals surface area contributed by atoms with Gasteiger partial charge in [-0.2, -0.15) is 0 Å². The number of nitro groups is 1. The van der Waals surface area contributed by atoms with E-state index in [4.69, 9.17) is 9.84 Å². The molecule has 20 heavy (non-hydrogen) atoms. The lowest BCUT2D eigenvalue weighted by Crippen LogP contribution is -1.96. The van der Waals surface area contributed by atoms with Gasteiger partial charge in [0.15, 0.2) is 0 Å². The average molecular weight is 358 g/mol. The number of aromatic carboxylic acids is 1. The molecule has 0 atom stereocenters. The normalized spacial score (nSPS) is 10.3. The molecule has 0 aliphatic heterocycles. The van der Waals surface area contributed by atoms with Gasteiger partial charge in [0, 0.05) is 22.0 Å². The van der Waals surface area contributed by atoms with Crippen LogP contribution >= 0.6 is 27.3 Å². The van der Waals surface area contributed by atoms with Gasteiger partial charge in [0.2, 0.25) is 5.75 Å². The third-order valence-corrected chi connectivity index (χ3v) is 3.78. The Morgan fingerprint density at radius 3 is 2.70 bits per heavy atom. The maximum absolute atomic E-state index is 11.0. The van der Waals surface area contributed by atoms with Crippen LogP contribution in [0, 0.1) is 17.0 Å². The summed E-state index contributed by atoms with van der Waals surface area (Å²) in [5.74, 6) is -0.694. The molecule has 2 aromatic rings. The van der Waals surface area contributed by atoms with Crippen LogP contribution in [0.3, 0.4) is 0 Å². The lowest BCUT2D eigenvalue weighted by molar-refractivity contribution is -0.385. The number of hydrogen-bond acceptors (Lipinski definition) is 5. The van der Waals surface area contributed by atoms with Crippen molar-refractivity contribution in [2.45, 2.75) is 6.92 Å². The quantitative estimate of drug-likeness (QED) is 0.653. The highest BCUT2D eigenvalue weighted by Gasteiger charge is 2.20. The molecule has 1 aromatic heterocycles. The molecule has 0 amide bonds. The maximum atomic E-state index is 11.0. The van der Waals surface area contributed by atoms with Gasteiger partial charge in [-0.1, -0.05) is 15.9 Å². The highest BCUT2D eigenvalue weighted by Crippen LogP contribution is 2.38. The minimum atomic E-state index is -1.06. The third kappa shape index (κ3) is 2.97. The minimum Gasteiger partial charge on any atom is -0.477 e. The highest BCUT2D eigenvalue weighted by molar-refractivity contribution is 9.10. The molecule has 0 spiro atoms. The van der Waals surface area contributed by atoms with E-state index in [1.165, 1.54) is 17.5 Å². The van der Waals surface area contributed by atoms with Gasteiger partial charge in [-0.25, -0.2) is 4.79 Å². The molecule has 0 aliphatic rings. The van der Waals surface area contributed by atoms with Gasteiger partial charge in [0.05, 0.1) is 4.92 Å². The zero-order valence-corrected chi connectivity index (χ0v) is 12.5. The Hall–Kier alpha value is -1.93. The SMILES string of the molecule is Cc1cc(Br)cc([N+](=O)[O-])c1Oc1csc(C(=O)O)c1. The van der Waals surface area contributed by atoms with Gasteiger partial charge in [0.1, 0.15) is 10.6 Å². The van der Waals surface area contributed by atoms with Crippen molar-refractivity contribution in [1.29, 1.82) is 0 Å². The summed E-state index contributed by atoms with van der Waals surface area (Å²) in [7, 11) is 0. The van der Waals surface area contributed by atoms with Crippen molar-refractivity contribution in [3.05, 3.63) is 48.6 Å². The second-order valence-electron chi connectivity index (χ2n) is 3.88. The van der Waals surface area contributed by atoms with Crippen molar-refractivity contribution >= 4 is 38.9 Å². The molecule has 1 aromatic carbocycles. The van der Waals surface area contributed by atoms with Crippen molar-refractivity contribution in [2.24, 2.45) is 0 Å². The van der Waals surface area contributed by atoms with E-state index in [0.717, 1.165) is 11.3 Å². The number of carboxylic acids is 1. The first-order chi connectivity index (χ1) is 9.38. The number of rotatable bonds is 4. The molecular weight excluding hydrogens is 350 g/mol. The number of nitrogens with zero attached hydrogens (tertiary/aromatic N) is 1. The van der Waals surface area contributed by atoms with E-state index in [2.05, 4.69) is 15.9 Å². The van der Waals surface area contributed by atoms with Crippen molar-refractivity contribution < 1.29 is 19.6 Å². The molecule has 6 nitrogen and oxygen atoms in total. The molecule has 2 rings (SSSR count). The predicted molar refractivity (Wildman–Crippen MR) is 76.9 cm³/mol. The van der Waals surface area contributed by atoms with Crippen LogP contribution < -0.4 is 4.74 Å². The molecule has 0 saturated carbocycles. The van der Waals surface area contributed by atoms with Crippen LogP contribution in [-0.2, 0) is 0 Å². The van der Waals surface area contributed by atoms with E-state index in [1.54, 1.807) is 13.0 Å². The van der Waals surface area contributed by atoms with Crippen molar-refractivity contribution in [1.82, 2.24) is 0 Å². The number of halogens is 1. The largest absolute Gasteiger partial charge is 0.477 e. The topological polar surface area (TPSA) is 89.7 Å². The molecule has 104 valence electrons. The van der Waals surface area contributed by atoms with Gasteiger partial charge in [-0.15, -0.1) is 11.3 Å². The summed E-state index contributed by atoms with van der Waals surface area (Å²) in [5.41, 5.74) is 0.397. The number of aryl methyl sites for hydroxylation is 1. The van der Waals surface area contributed by atoms with Gasteiger partial charge >= 0.3 is 11.7 Å². The lowest BCUT2D eigenvalue weighted by Gasteiger charge is -2.08. The second kappa shape index (κ2) is 5.59. The fourth-order valence-corrected chi connectivity index (χ4v) is 2.79. The Morgan fingerprint density at radius 2 is 2.15 bits per heavy atom. The first-order valence-corrected chi connectivity index (χ1v) is 7.00. The molecule has 0 aliphatic carbocycles. The third-order valence-electron chi connectivity index (χ3n) is 2.42. The maximum Gasteiger partial charge on any atom is 0.346 e. The van der Waals surface area contributed by atoms with Crippen LogP contribution in [0.1, 0.15) is 15.2 Å². The summed E-state index contributed by atoms with van der Waals surface area (Å²) in [5, 5.41) is 21.4. The van der Waals surface area contributed by atoms with Crippen molar-refractivity contribution in [2.75, 3.05) is 0 Å². The molecule has 8 heteroatoms. The van der Waals surface area contributed by atoms with Crippen LogP contribution in [0.25, 0.3) is 0 Å². The van der Waals surface area contributed by atoms with Crippen molar-refractivity contribution in [3.8, 4) is 11.5 Å². The van der Waals surface area contributed by atoms with Gasteiger partial charge in [0.25, 0.3) is 0 Å². The smallest absolute Gasteiger partial charge is 0.346 e. The van der Waals surface area contributed by atoms with Crippen LogP contribution in [0.15, 0.2) is 28.1 Å². The van der Waals surface area contributed by atoms with Crippen LogP contribution in [0.2, 0.25) is 0 Å². The molecule has 0 bridgehead atoms. The summed E-state index contributed by atoms with van der Waals surface area (Å²) >= 11 is 4.18. The number of benzene rings is 1. The van der Waals surface area contributed by atoms with Crippen LogP contribution in [0.5, 0.6) is 11.5 Å². The lowest BCUT2D eigenvalue weighted by atomic mass is 10.2. The van der Waals surface area contributed by atoms with E-state index in [0.29, 0.717) is 10.0 Å². The molecule has 0 saturated heterocycles. The molecule has 0 fully saturated rings. The summed E-state index contributed by atoms with van der Waals surface area (Å²) in [4.78, 5) is 21.4. The first kappa shape index (κ1) is 14.5. The van der Waals surface area contributed by atoms with E-state index >= 15 is 0 Å². The molecular formula is C12H8BrNO5S. The van der Waals surface area contributed by atoms with Gasteiger partial charge < -0.3 is 9.84 Å². The fourth-order valence-electron chi connectivity index (χ4n) is 1.58. The van der Waals surface area contributed by atoms with E-state index in [9.17, 15) is 14.9 Å². The minimum absolute atomic E-state index is 0.105. The van der Waals surface area contributed by atoms with E-state index in [-0.39, 0.29) is 22.1 Å². The van der Waals surface area contributed by atoms with Crippen LogP contribution in [-0.4, -0.2) is 16.0 Å². The van der Waals surface area contributed by atoms with E-state index < -0.39 is 10.9 Å². The highest BCUT2D eigenvalue weighted by atomic mass is 79.9. The number of carbonyl (C=O) groups is 1. The van der Waals surface area contributed by atoms with Crippen molar-refractivity contribution in [3.63, 3.8) is 0 Å². The Balaban J connectivity index is 2.41. The average Bonchev–Trinajstić information content (AvgIpc) is 2.80. The summed E-state index contributed by atoms with van der Waals surface area (Å²) in [6.45, 7) is 1.68. The number of nitro benzene ring substituents is 1. The molecule has 0 unspecified atom stereocenters. The second-order valence-corrected chi connectivity index (χ2v) is 5.71. The zero-order chi connectivity index (χ0) is 14.9. The number of hydrogen-bond donors (Lipinski definition) is 1. The number of thiophene rings is 1. The van der Waals surface area contributed by atoms with E-state index in [1.807, 2.05) is 0 Å². The molecule has 0 radical (unpaired) electrons. The fraction of sp³-hybridized carbons (Fsp3) is 0.0833. The monoisotopic (exact) mass is 357 g/mol. The standard InChI is InChI=1S/C12H8BrNO5S/c1-6-2-7(13)3-9(14(17)18)11(6)19-8-4-10(12(15)16)20-5-8/h2-5H,1H3,(H,15,16). The molecule has 1 heterocycles. The summed E-state index contributed by atoms with van der Waals surface area (Å²) in [6.07, 6.45) is 0. The Morgan fingerprint density at radius 1 is 1.45 bits per heavy atom. The Kier molecular flexibility index (Phi) is 4.05. The summed E-state index contributed by atoms with van der Waals surface area (Å²) < 4.78 is 6.05. The zero-order valence-electron chi connectivity index (χ0n) is 10.1. The Bertz CT molecular complexity index is 697. The Labute approximate surface area is 125 Å². The first-order valence-electron chi connectivity index (χ1n) is 5.32. The summed E-state index contributed by atoms with van der Waals surface area (Å²) in [6, 6.07) is 4.36. The number of ether oxygens (including phenoxy) is 1. The number of carboxylic acid groups (broad SMARTS) is 1. The van der Waals surface area contributed by atoms with Gasteiger partial charge in [-0.3, -0.25) is 10.1 Å². The predicted octanol–water partition coefficient (Wildman–Crippen LogP) is 4.22. The van der Waals surface area contributed by atoms with Gasteiger partial charge in [-0.05, 0) is 18.6 Å². The van der Waals surface area contributed by atoms with Crippen LogP contribution in [0.4, 0.5) is 5.69 Å². The molecule has 1 N–H and O–H groups in total.